The van der Waals surface area contributed by atoms with Gasteiger partial charge in [0.2, 0.25) is 0 Å². The van der Waals surface area contributed by atoms with Crippen LogP contribution in [0.2, 0.25) is 0 Å². The zero-order chi connectivity index (χ0) is 17.2. The van der Waals surface area contributed by atoms with Gasteiger partial charge in [-0.3, -0.25) is 10.00 Å². The Labute approximate surface area is 136 Å². The van der Waals surface area contributed by atoms with E-state index in [1.807, 2.05) is 18.9 Å². The van der Waals surface area contributed by atoms with Crippen molar-refractivity contribution in [2.45, 2.75) is 31.7 Å². The predicted octanol–water partition coefficient (Wildman–Crippen LogP) is 2.47. The normalized spacial score (nSPS) is 14.9. The maximum Gasteiger partial charge on any atom is 0.151 e. The van der Waals surface area contributed by atoms with Gasteiger partial charge in [-0.1, -0.05) is 0 Å². The van der Waals surface area contributed by atoms with Crippen LogP contribution < -0.4 is 0 Å². The van der Waals surface area contributed by atoms with E-state index in [-0.39, 0.29) is 11.9 Å². The fraction of sp³-hybridized carbons (Fsp3) is 0.438. The molecule has 2 rings (SSSR count). The average molecular weight is 339 g/mol. The topological polar surface area (TPSA) is 66.1 Å². The molecule has 0 bridgehead atoms. The molecule has 0 radical (unpaired) electrons. The Morgan fingerprint density at radius 1 is 1.26 bits per heavy atom. The highest BCUT2D eigenvalue weighted by Crippen LogP contribution is 2.23. The smallest absolute Gasteiger partial charge is 0.151 e. The molecule has 0 aliphatic carbocycles. The van der Waals surface area contributed by atoms with E-state index in [9.17, 15) is 12.8 Å². The van der Waals surface area contributed by atoms with Crippen molar-refractivity contribution in [3.63, 3.8) is 0 Å². The summed E-state index contributed by atoms with van der Waals surface area (Å²) in [5.41, 5.74) is 2.60. The third-order valence-electron chi connectivity index (χ3n) is 4.32. The van der Waals surface area contributed by atoms with Gasteiger partial charge in [-0.25, -0.2) is 12.8 Å². The Kier molecular flexibility index (Phi) is 5.21. The monoisotopic (exact) mass is 339 g/mol. The van der Waals surface area contributed by atoms with Gasteiger partial charge in [-0.15, -0.1) is 0 Å². The van der Waals surface area contributed by atoms with E-state index in [1.54, 1.807) is 25.3 Å². The van der Waals surface area contributed by atoms with E-state index in [4.69, 9.17) is 0 Å². The van der Waals surface area contributed by atoms with Gasteiger partial charge < -0.3 is 0 Å². The summed E-state index contributed by atoms with van der Waals surface area (Å²) in [6.45, 7) is 4.15. The van der Waals surface area contributed by atoms with Crippen LogP contribution in [0.15, 0.2) is 30.5 Å². The molecular formula is C16H22FN3O2S. The number of sulfone groups is 1. The largest absolute Gasteiger partial charge is 0.298 e. The average Bonchev–Trinajstić information content (AvgIpc) is 2.93. The molecule has 1 aromatic carbocycles. The fourth-order valence-corrected chi connectivity index (χ4v) is 3.35. The Hall–Kier alpha value is -1.73. The molecule has 0 amide bonds. The van der Waals surface area contributed by atoms with E-state index in [0.717, 1.165) is 16.8 Å². The molecule has 0 saturated carbocycles. The van der Waals surface area contributed by atoms with Crippen LogP contribution >= 0.6 is 0 Å². The van der Waals surface area contributed by atoms with Crippen molar-refractivity contribution < 1.29 is 12.8 Å². The predicted molar refractivity (Wildman–Crippen MR) is 89.2 cm³/mol. The van der Waals surface area contributed by atoms with Crippen LogP contribution in [-0.4, -0.2) is 48.1 Å². The van der Waals surface area contributed by atoms with Crippen LogP contribution in [0.3, 0.4) is 0 Å². The number of halogens is 1. The van der Waals surface area contributed by atoms with Gasteiger partial charge in [0.05, 0.1) is 17.1 Å². The highest BCUT2D eigenvalue weighted by molar-refractivity contribution is 7.91. The lowest BCUT2D eigenvalue weighted by molar-refractivity contribution is 0.245. The number of hydrogen-bond acceptors (Lipinski definition) is 4. The third-order valence-corrected chi connectivity index (χ3v) is 6.07. The lowest BCUT2D eigenvalue weighted by Gasteiger charge is -2.28. The highest BCUT2D eigenvalue weighted by Gasteiger charge is 2.26. The molecule has 0 aliphatic heterocycles. The quantitative estimate of drug-likeness (QED) is 0.878. The minimum absolute atomic E-state index is 0.138. The van der Waals surface area contributed by atoms with Gasteiger partial charge in [0, 0.05) is 30.0 Å². The lowest BCUT2D eigenvalue weighted by atomic mass is 10.1. The summed E-state index contributed by atoms with van der Waals surface area (Å²) >= 11 is 0. The van der Waals surface area contributed by atoms with Gasteiger partial charge in [0.25, 0.3) is 0 Å². The molecule has 0 unspecified atom stereocenters. The van der Waals surface area contributed by atoms with Gasteiger partial charge in [0.1, 0.15) is 5.82 Å². The Morgan fingerprint density at radius 2 is 1.87 bits per heavy atom. The number of nitrogens with zero attached hydrogens (tertiary/aromatic N) is 2. The van der Waals surface area contributed by atoms with Crippen LogP contribution in [-0.2, 0) is 16.4 Å². The zero-order valence-electron chi connectivity index (χ0n) is 13.7. The summed E-state index contributed by atoms with van der Waals surface area (Å²) in [7, 11) is -1.22. The molecule has 1 heterocycles. The summed E-state index contributed by atoms with van der Waals surface area (Å²) in [6.07, 6.45) is 2.97. The molecule has 126 valence electrons. The van der Waals surface area contributed by atoms with Crippen molar-refractivity contribution >= 4 is 9.84 Å². The fourth-order valence-electron chi connectivity index (χ4n) is 2.43. The first-order valence-electron chi connectivity index (χ1n) is 7.37. The molecule has 2 atom stereocenters. The number of benzene rings is 1. The first-order valence-corrected chi connectivity index (χ1v) is 9.33. The summed E-state index contributed by atoms with van der Waals surface area (Å²) in [4.78, 5) is 1.98. The molecule has 7 heteroatoms. The first kappa shape index (κ1) is 17.6. The summed E-state index contributed by atoms with van der Waals surface area (Å²) in [5, 5.41) is 6.53. The van der Waals surface area contributed by atoms with Crippen LogP contribution in [0.25, 0.3) is 11.3 Å². The Morgan fingerprint density at radius 3 is 2.43 bits per heavy atom. The van der Waals surface area contributed by atoms with Gasteiger partial charge in [-0.05, 0) is 45.2 Å². The molecule has 1 N–H and O–H groups in total. The standard InChI is InChI=1S/C16H22FN3O2S/c1-11(12(2)23(4,21)22)20(3)10-14-9-18-19-16(14)13-5-7-15(17)8-6-13/h5-9,11-12H,10H2,1-4H3,(H,18,19)/t11-,12-/m0/s1. The van der Waals surface area contributed by atoms with E-state index < -0.39 is 15.1 Å². The van der Waals surface area contributed by atoms with Crippen molar-refractivity contribution in [1.82, 2.24) is 15.1 Å². The van der Waals surface area contributed by atoms with E-state index >= 15 is 0 Å². The summed E-state index contributed by atoms with van der Waals surface area (Å²) in [6, 6.07) is 6.04. The molecule has 23 heavy (non-hydrogen) atoms. The van der Waals surface area contributed by atoms with Crippen LogP contribution in [0, 0.1) is 5.82 Å². The number of aromatic nitrogens is 2. The van der Waals surface area contributed by atoms with Crippen LogP contribution in [0.5, 0.6) is 0 Å². The summed E-state index contributed by atoms with van der Waals surface area (Å²) in [5.74, 6) is -0.289. The maximum atomic E-state index is 13.1. The molecule has 0 aliphatic rings. The van der Waals surface area contributed by atoms with Crippen molar-refractivity contribution in [3.8, 4) is 11.3 Å². The molecule has 5 nitrogen and oxygen atoms in total. The second-order valence-corrected chi connectivity index (χ2v) is 8.37. The van der Waals surface area contributed by atoms with Crippen molar-refractivity contribution in [3.05, 3.63) is 41.8 Å². The Balaban J connectivity index is 2.18. The van der Waals surface area contributed by atoms with Crippen molar-refractivity contribution in [2.24, 2.45) is 0 Å². The second-order valence-electron chi connectivity index (χ2n) is 5.97. The number of rotatable bonds is 6. The zero-order valence-corrected chi connectivity index (χ0v) is 14.6. The molecule has 1 aromatic heterocycles. The van der Waals surface area contributed by atoms with Crippen LogP contribution in [0.4, 0.5) is 4.39 Å². The highest BCUT2D eigenvalue weighted by atomic mass is 32.2. The molecule has 0 saturated heterocycles. The SMILES string of the molecule is C[C@@H]([C@H](C)S(C)(=O)=O)N(C)Cc1cn[nH]c1-c1ccc(F)cc1. The first-order chi connectivity index (χ1) is 10.7. The van der Waals surface area contributed by atoms with Crippen LogP contribution in [0.1, 0.15) is 19.4 Å². The molecule has 0 spiro atoms. The van der Waals surface area contributed by atoms with Gasteiger partial charge in [0.15, 0.2) is 9.84 Å². The third kappa shape index (κ3) is 4.17. The van der Waals surface area contributed by atoms with Crippen molar-refractivity contribution in [2.75, 3.05) is 13.3 Å². The molecular weight excluding hydrogens is 317 g/mol. The number of hydrogen-bond donors (Lipinski definition) is 1. The number of H-pyrrole nitrogens is 1. The second kappa shape index (κ2) is 6.80. The number of aromatic amines is 1. The molecule has 0 fully saturated rings. The number of nitrogens with one attached hydrogen (secondary N) is 1. The lowest BCUT2D eigenvalue weighted by Crippen LogP contribution is -2.40. The minimum Gasteiger partial charge on any atom is -0.298 e. The van der Waals surface area contributed by atoms with Gasteiger partial charge in [-0.2, -0.15) is 5.10 Å². The van der Waals surface area contributed by atoms with Gasteiger partial charge >= 0.3 is 0 Å². The van der Waals surface area contributed by atoms with Crippen molar-refractivity contribution in [1.29, 1.82) is 0 Å². The van der Waals surface area contributed by atoms with E-state index in [2.05, 4.69) is 10.2 Å². The maximum absolute atomic E-state index is 13.1. The minimum atomic E-state index is -3.10. The van der Waals surface area contributed by atoms with E-state index in [1.165, 1.54) is 18.4 Å². The Bertz CT molecular complexity index is 756. The summed E-state index contributed by atoms with van der Waals surface area (Å²) < 4.78 is 36.5. The van der Waals surface area contributed by atoms with E-state index in [0.29, 0.717) is 6.54 Å². The molecule has 2 aromatic rings.